The SMILES string of the molecule is O=CCCCC(=O)C(O)[C](O)O. The molecule has 3 N–H and O–H groups in total. The second kappa shape index (κ2) is 5.82. The molecular formula is C7H11O5. The highest BCUT2D eigenvalue weighted by Crippen LogP contribution is 2.04. The Hall–Kier alpha value is -0.780. The third-order valence-corrected chi connectivity index (χ3v) is 1.29. The maximum absolute atomic E-state index is 10.8. The van der Waals surface area contributed by atoms with Crippen LogP contribution in [0.5, 0.6) is 0 Å². The maximum atomic E-state index is 10.8. The van der Waals surface area contributed by atoms with Gasteiger partial charge in [0.2, 0.25) is 0 Å². The van der Waals surface area contributed by atoms with Gasteiger partial charge in [0.15, 0.2) is 11.9 Å². The molecule has 1 radical (unpaired) electrons. The summed E-state index contributed by atoms with van der Waals surface area (Å²) in [5.41, 5.74) is 0. The highest BCUT2D eigenvalue weighted by molar-refractivity contribution is 5.84. The number of unbranched alkanes of at least 4 members (excludes halogenated alkanes) is 1. The molecule has 0 amide bonds. The van der Waals surface area contributed by atoms with Crippen LogP contribution in [0.3, 0.4) is 0 Å². The van der Waals surface area contributed by atoms with Gasteiger partial charge in [-0.1, -0.05) is 0 Å². The monoisotopic (exact) mass is 175 g/mol. The Bertz CT molecular complexity index is 154. The Morgan fingerprint density at radius 1 is 1.42 bits per heavy atom. The minimum atomic E-state index is -1.84. The average molecular weight is 175 g/mol. The minimum Gasteiger partial charge on any atom is -0.380 e. The molecule has 0 saturated heterocycles. The number of hydrogen-bond donors (Lipinski definition) is 3. The first kappa shape index (κ1) is 11.2. The number of rotatable bonds is 6. The summed E-state index contributed by atoms with van der Waals surface area (Å²) in [5, 5.41) is 25.3. The molecule has 0 spiro atoms. The molecule has 69 valence electrons. The van der Waals surface area contributed by atoms with Crippen LogP contribution in [0.4, 0.5) is 0 Å². The third-order valence-electron chi connectivity index (χ3n) is 1.29. The van der Waals surface area contributed by atoms with E-state index in [2.05, 4.69) is 0 Å². The van der Waals surface area contributed by atoms with E-state index in [4.69, 9.17) is 15.3 Å². The van der Waals surface area contributed by atoms with Crippen LogP contribution in [0.25, 0.3) is 0 Å². The first-order valence-corrected chi connectivity index (χ1v) is 3.48. The summed E-state index contributed by atoms with van der Waals surface area (Å²) in [5.74, 6) is -0.697. The number of carbonyl (C=O) groups is 2. The number of ketones is 1. The maximum Gasteiger partial charge on any atom is 0.255 e. The summed E-state index contributed by atoms with van der Waals surface area (Å²) < 4.78 is 0. The standard InChI is InChI=1S/C7H11O5/c8-4-2-1-3-5(9)6(10)7(11)12/h4,6,10-12H,1-3H2. The van der Waals surface area contributed by atoms with E-state index in [-0.39, 0.29) is 12.8 Å². The van der Waals surface area contributed by atoms with Gasteiger partial charge in [0.1, 0.15) is 6.29 Å². The van der Waals surface area contributed by atoms with Gasteiger partial charge in [-0.05, 0) is 6.42 Å². The minimum absolute atomic E-state index is 0.0372. The molecule has 0 aliphatic carbocycles. The van der Waals surface area contributed by atoms with E-state index in [0.29, 0.717) is 12.7 Å². The highest BCUT2D eigenvalue weighted by Gasteiger charge is 2.22. The van der Waals surface area contributed by atoms with Crippen LogP contribution < -0.4 is 0 Å². The fourth-order valence-corrected chi connectivity index (χ4v) is 0.640. The van der Waals surface area contributed by atoms with Crippen LogP contribution in [0.1, 0.15) is 19.3 Å². The zero-order chi connectivity index (χ0) is 9.56. The number of hydrogen-bond acceptors (Lipinski definition) is 5. The van der Waals surface area contributed by atoms with Gasteiger partial charge < -0.3 is 20.1 Å². The number of Topliss-reactive ketones (excluding diaryl/α,β-unsaturated/α-hetero) is 1. The van der Waals surface area contributed by atoms with Gasteiger partial charge in [-0.15, -0.1) is 0 Å². The first-order chi connectivity index (χ1) is 5.59. The van der Waals surface area contributed by atoms with Gasteiger partial charge in [-0.3, -0.25) is 4.79 Å². The predicted molar refractivity (Wildman–Crippen MR) is 38.0 cm³/mol. The van der Waals surface area contributed by atoms with Crippen LogP contribution in [0, 0.1) is 6.29 Å². The summed E-state index contributed by atoms with van der Waals surface area (Å²) in [4.78, 5) is 20.6. The van der Waals surface area contributed by atoms with Crippen molar-refractivity contribution in [3.63, 3.8) is 0 Å². The predicted octanol–water partition coefficient (Wildman–Crippen LogP) is -0.480. The normalized spacial score (nSPS) is 13.0. The van der Waals surface area contributed by atoms with Crippen LogP contribution in [-0.2, 0) is 9.59 Å². The lowest BCUT2D eigenvalue weighted by Crippen LogP contribution is -2.27. The van der Waals surface area contributed by atoms with Gasteiger partial charge in [0, 0.05) is 12.8 Å². The molecular weight excluding hydrogens is 164 g/mol. The molecule has 1 unspecified atom stereocenters. The number of carbonyl (C=O) groups excluding carboxylic acids is 2. The van der Waals surface area contributed by atoms with Crippen molar-refractivity contribution in [2.45, 2.75) is 25.4 Å². The molecule has 0 fully saturated rings. The second-order valence-electron chi connectivity index (χ2n) is 2.29. The Kier molecular flexibility index (Phi) is 5.44. The van der Waals surface area contributed by atoms with Crippen molar-refractivity contribution in [1.29, 1.82) is 0 Å². The fourth-order valence-electron chi connectivity index (χ4n) is 0.640. The van der Waals surface area contributed by atoms with Gasteiger partial charge in [-0.25, -0.2) is 0 Å². The van der Waals surface area contributed by atoms with Crippen molar-refractivity contribution >= 4 is 12.1 Å². The first-order valence-electron chi connectivity index (χ1n) is 3.48. The molecule has 0 aliphatic rings. The van der Waals surface area contributed by atoms with E-state index in [0.717, 1.165) is 0 Å². The molecule has 0 heterocycles. The summed E-state index contributed by atoms with van der Waals surface area (Å²) in [6.07, 6.45) is -1.98. The van der Waals surface area contributed by atoms with Crippen molar-refractivity contribution in [3.8, 4) is 0 Å². The van der Waals surface area contributed by atoms with Crippen LogP contribution in [0.2, 0.25) is 0 Å². The molecule has 5 heteroatoms. The van der Waals surface area contributed by atoms with E-state index in [1.54, 1.807) is 0 Å². The van der Waals surface area contributed by atoms with Crippen molar-refractivity contribution < 1.29 is 24.9 Å². The van der Waals surface area contributed by atoms with Crippen molar-refractivity contribution in [1.82, 2.24) is 0 Å². The molecule has 0 rings (SSSR count). The lowest BCUT2D eigenvalue weighted by molar-refractivity contribution is -0.134. The van der Waals surface area contributed by atoms with Crippen molar-refractivity contribution in [3.05, 3.63) is 6.29 Å². The van der Waals surface area contributed by atoms with Crippen LogP contribution in [-0.4, -0.2) is 33.5 Å². The lowest BCUT2D eigenvalue weighted by atomic mass is 10.1. The quantitative estimate of drug-likeness (QED) is 0.374. The van der Waals surface area contributed by atoms with E-state index >= 15 is 0 Å². The van der Waals surface area contributed by atoms with E-state index in [1.165, 1.54) is 0 Å². The summed E-state index contributed by atoms with van der Waals surface area (Å²) in [6.45, 7) is 0. The van der Waals surface area contributed by atoms with Gasteiger partial charge in [0.05, 0.1) is 0 Å². The molecule has 0 aromatic rings. The van der Waals surface area contributed by atoms with Gasteiger partial charge in [0.25, 0.3) is 6.29 Å². The average Bonchev–Trinajstić information content (AvgIpc) is 2.03. The smallest absolute Gasteiger partial charge is 0.255 e. The van der Waals surface area contributed by atoms with E-state index < -0.39 is 18.2 Å². The van der Waals surface area contributed by atoms with E-state index in [1.807, 2.05) is 0 Å². The Morgan fingerprint density at radius 2 is 2.00 bits per heavy atom. The summed E-state index contributed by atoms with van der Waals surface area (Å²) in [6, 6.07) is 0. The topological polar surface area (TPSA) is 94.8 Å². The second-order valence-corrected chi connectivity index (χ2v) is 2.29. The number of aliphatic hydroxyl groups is 3. The van der Waals surface area contributed by atoms with Gasteiger partial charge >= 0.3 is 0 Å². The number of aliphatic hydroxyl groups excluding tert-OH is 2. The van der Waals surface area contributed by atoms with Crippen molar-refractivity contribution in [2.24, 2.45) is 0 Å². The molecule has 0 aliphatic heterocycles. The summed E-state index contributed by atoms with van der Waals surface area (Å²) in [7, 11) is 0. The largest absolute Gasteiger partial charge is 0.380 e. The Balaban J connectivity index is 3.64. The molecule has 1 atom stereocenters. The molecule has 0 aromatic heterocycles. The summed E-state index contributed by atoms with van der Waals surface area (Å²) >= 11 is 0. The highest BCUT2D eigenvalue weighted by atomic mass is 16.5. The number of aldehydes is 1. The molecule has 12 heavy (non-hydrogen) atoms. The fraction of sp³-hybridized carbons (Fsp3) is 0.571. The van der Waals surface area contributed by atoms with Crippen LogP contribution >= 0.6 is 0 Å². The lowest BCUT2D eigenvalue weighted by Gasteiger charge is -2.08. The Labute approximate surface area is 69.6 Å². The molecule has 0 bridgehead atoms. The molecule has 0 saturated carbocycles. The zero-order valence-corrected chi connectivity index (χ0v) is 6.43. The molecule has 0 aromatic carbocycles. The van der Waals surface area contributed by atoms with Crippen LogP contribution in [0.15, 0.2) is 0 Å². The molecule has 5 nitrogen and oxygen atoms in total. The van der Waals surface area contributed by atoms with Gasteiger partial charge in [-0.2, -0.15) is 0 Å². The zero-order valence-electron chi connectivity index (χ0n) is 6.43. The van der Waals surface area contributed by atoms with E-state index in [9.17, 15) is 9.59 Å². The third kappa shape index (κ3) is 4.17. The Morgan fingerprint density at radius 3 is 2.42 bits per heavy atom. The van der Waals surface area contributed by atoms with Crippen molar-refractivity contribution in [2.75, 3.05) is 0 Å².